The molecule has 0 bridgehead atoms. The van der Waals surface area contributed by atoms with Crippen LogP contribution in [0.3, 0.4) is 0 Å². The van der Waals surface area contributed by atoms with Crippen molar-refractivity contribution in [2.75, 3.05) is 6.54 Å². The lowest BCUT2D eigenvalue weighted by Gasteiger charge is -2.21. The van der Waals surface area contributed by atoms with E-state index < -0.39 is 0 Å². The average molecular weight is 365 g/mol. The van der Waals surface area contributed by atoms with Crippen molar-refractivity contribution in [3.8, 4) is 11.3 Å². The highest BCUT2D eigenvalue weighted by Gasteiger charge is 2.19. The van der Waals surface area contributed by atoms with Gasteiger partial charge in [-0.05, 0) is 48.7 Å². The number of amides is 1. The second-order valence-electron chi connectivity index (χ2n) is 6.60. The first-order valence-corrected chi connectivity index (χ1v) is 8.88. The van der Waals surface area contributed by atoms with Crippen molar-refractivity contribution in [2.24, 2.45) is 0 Å². The van der Waals surface area contributed by atoms with Crippen LogP contribution in [-0.2, 0) is 19.5 Å². The van der Waals surface area contributed by atoms with Crippen molar-refractivity contribution in [2.45, 2.75) is 26.4 Å². The third-order valence-electron chi connectivity index (χ3n) is 4.89. The summed E-state index contributed by atoms with van der Waals surface area (Å²) in [5, 5.41) is 13.1. The van der Waals surface area contributed by atoms with Crippen LogP contribution >= 0.6 is 0 Å². The Morgan fingerprint density at radius 1 is 1.33 bits per heavy atom. The Bertz CT molecular complexity index is 998. The molecule has 1 amide bonds. The van der Waals surface area contributed by atoms with Crippen LogP contribution in [0.4, 0.5) is 4.39 Å². The predicted molar refractivity (Wildman–Crippen MR) is 99.5 cm³/mol. The third-order valence-corrected chi connectivity index (χ3v) is 4.89. The average Bonchev–Trinajstić information content (AvgIpc) is 3.17. The molecule has 0 aliphatic carbocycles. The Balaban J connectivity index is 1.56. The van der Waals surface area contributed by atoms with Crippen LogP contribution < -0.4 is 10.6 Å². The number of aryl methyl sites for hydroxylation is 1. The molecule has 1 aliphatic heterocycles. The normalized spacial score (nSPS) is 13.3. The molecule has 0 atom stereocenters. The fourth-order valence-electron chi connectivity index (χ4n) is 3.46. The summed E-state index contributed by atoms with van der Waals surface area (Å²) in [6, 6.07) is 6.08. The van der Waals surface area contributed by atoms with E-state index >= 15 is 0 Å². The van der Waals surface area contributed by atoms with E-state index in [1.807, 2.05) is 13.1 Å². The van der Waals surface area contributed by atoms with Gasteiger partial charge >= 0.3 is 0 Å². The van der Waals surface area contributed by atoms with Crippen molar-refractivity contribution in [3.63, 3.8) is 0 Å². The Hall–Kier alpha value is -3.06. The Morgan fingerprint density at radius 3 is 3.07 bits per heavy atom. The second kappa shape index (κ2) is 7.28. The molecular formula is C20H20FN5O. The van der Waals surface area contributed by atoms with Gasteiger partial charge in [0.1, 0.15) is 5.82 Å². The Labute approximate surface area is 156 Å². The number of hydrogen-bond donors (Lipinski definition) is 3. The molecule has 3 aromatic rings. The molecule has 0 saturated carbocycles. The van der Waals surface area contributed by atoms with E-state index in [0.29, 0.717) is 23.4 Å². The molecule has 6 nitrogen and oxygen atoms in total. The summed E-state index contributed by atoms with van der Waals surface area (Å²) in [6.45, 7) is 4.08. The number of H-pyrrole nitrogens is 1. The van der Waals surface area contributed by atoms with Gasteiger partial charge in [0.2, 0.25) is 0 Å². The molecular weight excluding hydrogens is 345 g/mol. The molecule has 4 rings (SSSR count). The first-order chi connectivity index (χ1) is 13.1. The van der Waals surface area contributed by atoms with Gasteiger partial charge < -0.3 is 10.6 Å². The highest BCUT2D eigenvalue weighted by atomic mass is 19.1. The smallest absolute Gasteiger partial charge is 0.255 e. The van der Waals surface area contributed by atoms with Gasteiger partial charge in [-0.25, -0.2) is 4.39 Å². The van der Waals surface area contributed by atoms with E-state index in [1.165, 1.54) is 29.5 Å². The number of benzene rings is 1. The molecule has 3 N–H and O–H groups in total. The number of halogens is 1. The van der Waals surface area contributed by atoms with Crippen LogP contribution in [0, 0.1) is 12.7 Å². The molecule has 3 heterocycles. The number of hydrogen-bond acceptors (Lipinski definition) is 4. The van der Waals surface area contributed by atoms with E-state index in [4.69, 9.17) is 0 Å². The van der Waals surface area contributed by atoms with Crippen LogP contribution in [0.2, 0.25) is 0 Å². The molecule has 7 heteroatoms. The quantitative estimate of drug-likeness (QED) is 0.663. The maximum atomic E-state index is 13.5. The fourth-order valence-corrected chi connectivity index (χ4v) is 3.46. The van der Waals surface area contributed by atoms with E-state index in [1.54, 1.807) is 12.1 Å². The summed E-state index contributed by atoms with van der Waals surface area (Å²) in [5.41, 5.74) is 5.91. The molecule has 0 saturated heterocycles. The Morgan fingerprint density at radius 2 is 2.22 bits per heavy atom. The highest BCUT2D eigenvalue weighted by molar-refractivity contribution is 5.99. The first kappa shape index (κ1) is 17.4. The lowest BCUT2D eigenvalue weighted by Crippen LogP contribution is -2.29. The lowest BCUT2D eigenvalue weighted by atomic mass is 9.96. The summed E-state index contributed by atoms with van der Waals surface area (Å²) in [5.74, 6) is -0.617. The van der Waals surface area contributed by atoms with E-state index in [2.05, 4.69) is 25.8 Å². The summed E-state index contributed by atoms with van der Waals surface area (Å²) in [7, 11) is 0. The van der Waals surface area contributed by atoms with Crippen molar-refractivity contribution < 1.29 is 9.18 Å². The van der Waals surface area contributed by atoms with Gasteiger partial charge in [0.15, 0.2) is 0 Å². The molecule has 1 aromatic carbocycles. The van der Waals surface area contributed by atoms with Crippen LogP contribution in [0.25, 0.3) is 11.3 Å². The van der Waals surface area contributed by atoms with Crippen molar-refractivity contribution in [3.05, 3.63) is 70.4 Å². The van der Waals surface area contributed by atoms with Crippen LogP contribution in [0.1, 0.15) is 32.7 Å². The van der Waals surface area contributed by atoms with E-state index in [-0.39, 0.29) is 11.7 Å². The minimum absolute atomic E-state index is 0.256. The van der Waals surface area contributed by atoms with E-state index in [9.17, 15) is 9.18 Å². The minimum atomic E-state index is -0.361. The maximum absolute atomic E-state index is 13.5. The number of nitrogens with one attached hydrogen (secondary N) is 3. The van der Waals surface area contributed by atoms with Gasteiger partial charge in [-0.15, -0.1) is 0 Å². The predicted octanol–water partition coefficient (Wildman–Crippen LogP) is 2.49. The standard InChI is InChI=1S/C20H20FN5O/c1-12-17(16-5-6-22-8-14(16)9-23-12)10-24-20(27)18-11-25-26-19(18)13-3-2-4-15(21)7-13/h2-4,7,9,11,22H,5-6,8,10H2,1H3,(H,24,27)(H,25,26). The van der Waals surface area contributed by atoms with Crippen molar-refractivity contribution in [1.29, 1.82) is 0 Å². The molecule has 0 spiro atoms. The molecule has 0 fully saturated rings. The zero-order valence-electron chi connectivity index (χ0n) is 15.0. The van der Waals surface area contributed by atoms with Gasteiger partial charge in [0.05, 0.1) is 17.5 Å². The number of pyridine rings is 1. The largest absolute Gasteiger partial charge is 0.348 e. The van der Waals surface area contributed by atoms with Gasteiger partial charge in [0.25, 0.3) is 5.91 Å². The zero-order chi connectivity index (χ0) is 18.8. The topological polar surface area (TPSA) is 82.7 Å². The molecule has 0 radical (unpaired) electrons. The number of carbonyl (C=O) groups is 1. The van der Waals surface area contributed by atoms with Crippen molar-refractivity contribution >= 4 is 5.91 Å². The number of fused-ring (bicyclic) bond motifs is 1. The zero-order valence-corrected chi connectivity index (χ0v) is 15.0. The number of aromatic nitrogens is 3. The summed E-state index contributed by atoms with van der Waals surface area (Å²) in [4.78, 5) is 17.2. The SMILES string of the molecule is Cc1ncc2c(c1CNC(=O)c1cn[nH]c1-c1cccc(F)c1)CCNC2. The third kappa shape index (κ3) is 3.46. The fraction of sp³-hybridized carbons (Fsp3) is 0.250. The summed E-state index contributed by atoms with van der Waals surface area (Å²) >= 11 is 0. The van der Waals surface area contributed by atoms with Gasteiger partial charge in [-0.1, -0.05) is 12.1 Å². The van der Waals surface area contributed by atoms with Crippen molar-refractivity contribution in [1.82, 2.24) is 25.8 Å². The first-order valence-electron chi connectivity index (χ1n) is 8.88. The molecule has 27 heavy (non-hydrogen) atoms. The van der Waals surface area contributed by atoms with Gasteiger partial charge in [-0.3, -0.25) is 14.9 Å². The van der Waals surface area contributed by atoms with Crippen LogP contribution in [-0.4, -0.2) is 27.6 Å². The lowest BCUT2D eigenvalue weighted by molar-refractivity contribution is 0.0951. The number of carbonyl (C=O) groups excluding carboxylic acids is 1. The molecule has 0 unspecified atom stereocenters. The summed E-state index contributed by atoms with van der Waals surface area (Å²) in [6.07, 6.45) is 4.29. The molecule has 138 valence electrons. The van der Waals surface area contributed by atoms with E-state index in [0.717, 1.165) is 30.8 Å². The number of aromatic amines is 1. The highest BCUT2D eigenvalue weighted by Crippen LogP contribution is 2.23. The van der Waals surface area contributed by atoms with Gasteiger partial charge in [-0.2, -0.15) is 5.10 Å². The monoisotopic (exact) mass is 365 g/mol. The summed E-state index contributed by atoms with van der Waals surface area (Å²) < 4.78 is 13.5. The molecule has 2 aromatic heterocycles. The molecule has 1 aliphatic rings. The Kier molecular flexibility index (Phi) is 4.68. The van der Waals surface area contributed by atoms with Crippen LogP contribution in [0.15, 0.2) is 36.7 Å². The van der Waals surface area contributed by atoms with Gasteiger partial charge in [0, 0.05) is 30.5 Å². The minimum Gasteiger partial charge on any atom is -0.348 e. The number of rotatable bonds is 4. The maximum Gasteiger partial charge on any atom is 0.255 e. The second-order valence-corrected chi connectivity index (χ2v) is 6.60. The van der Waals surface area contributed by atoms with Crippen LogP contribution in [0.5, 0.6) is 0 Å². The number of nitrogens with zero attached hydrogens (tertiary/aromatic N) is 2.